The van der Waals surface area contributed by atoms with Crippen LogP contribution in [0.25, 0.3) is 6.08 Å². The summed E-state index contributed by atoms with van der Waals surface area (Å²) in [4.78, 5) is 36.4. The summed E-state index contributed by atoms with van der Waals surface area (Å²) in [6.07, 6.45) is 3.17. The molecule has 164 valence electrons. The SMILES string of the molecule is CN(CCO)c1ccc(/C=C/C(=O)c2ccc(NC(=O)c3ccc([N+](=O)[O-])o3)cc2)cc1. The molecule has 0 unspecified atom stereocenters. The number of aliphatic hydroxyl groups is 1. The summed E-state index contributed by atoms with van der Waals surface area (Å²) in [5.74, 6) is -1.54. The van der Waals surface area contributed by atoms with Crippen LogP contribution in [0.5, 0.6) is 0 Å². The van der Waals surface area contributed by atoms with Crippen molar-refractivity contribution in [1.82, 2.24) is 0 Å². The van der Waals surface area contributed by atoms with Gasteiger partial charge >= 0.3 is 5.88 Å². The van der Waals surface area contributed by atoms with Crippen LogP contribution in [0.2, 0.25) is 0 Å². The number of carbonyl (C=O) groups is 2. The highest BCUT2D eigenvalue weighted by Crippen LogP contribution is 2.18. The van der Waals surface area contributed by atoms with E-state index in [2.05, 4.69) is 5.32 Å². The van der Waals surface area contributed by atoms with Gasteiger partial charge in [0.05, 0.1) is 12.7 Å². The molecule has 0 saturated heterocycles. The third kappa shape index (κ3) is 5.67. The quantitative estimate of drug-likeness (QED) is 0.227. The van der Waals surface area contributed by atoms with Crippen LogP contribution < -0.4 is 10.2 Å². The minimum atomic E-state index is -0.727. The maximum absolute atomic E-state index is 12.4. The van der Waals surface area contributed by atoms with Crippen LogP contribution in [0, 0.1) is 10.1 Å². The third-order valence-corrected chi connectivity index (χ3v) is 4.62. The van der Waals surface area contributed by atoms with Crippen LogP contribution in [0.3, 0.4) is 0 Å². The molecule has 3 rings (SSSR count). The molecule has 2 aromatic carbocycles. The van der Waals surface area contributed by atoms with Crippen LogP contribution in [-0.2, 0) is 0 Å². The molecule has 1 aromatic heterocycles. The number of ketones is 1. The fourth-order valence-electron chi connectivity index (χ4n) is 2.85. The predicted molar refractivity (Wildman–Crippen MR) is 120 cm³/mol. The molecule has 0 aliphatic carbocycles. The first kappa shape index (κ1) is 22.4. The summed E-state index contributed by atoms with van der Waals surface area (Å²) in [5, 5.41) is 22.2. The Morgan fingerprint density at radius 1 is 1.09 bits per heavy atom. The van der Waals surface area contributed by atoms with Gasteiger partial charge in [0, 0.05) is 30.5 Å². The molecule has 0 radical (unpaired) electrons. The van der Waals surface area contributed by atoms with Gasteiger partial charge in [0.2, 0.25) is 0 Å². The van der Waals surface area contributed by atoms with E-state index in [-0.39, 0.29) is 18.2 Å². The average Bonchev–Trinajstić information content (AvgIpc) is 3.29. The lowest BCUT2D eigenvalue weighted by atomic mass is 10.1. The van der Waals surface area contributed by atoms with E-state index in [1.165, 1.54) is 12.1 Å². The molecule has 3 aromatic rings. The Hall–Kier alpha value is -4.24. The Balaban J connectivity index is 1.59. The van der Waals surface area contributed by atoms with E-state index in [1.54, 1.807) is 30.3 Å². The number of nitro groups is 1. The smallest absolute Gasteiger partial charge is 0.395 e. The van der Waals surface area contributed by atoms with Gasteiger partial charge in [0.25, 0.3) is 5.91 Å². The van der Waals surface area contributed by atoms with Crippen molar-refractivity contribution in [3.8, 4) is 0 Å². The van der Waals surface area contributed by atoms with Gasteiger partial charge in [0.1, 0.15) is 4.92 Å². The fraction of sp³-hybridized carbons (Fsp3) is 0.130. The molecule has 0 aliphatic heterocycles. The van der Waals surface area contributed by atoms with E-state index in [1.807, 2.05) is 36.2 Å². The lowest BCUT2D eigenvalue weighted by Gasteiger charge is -2.17. The van der Waals surface area contributed by atoms with Crippen LogP contribution >= 0.6 is 0 Å². The number of benzene rings is 2. The Kier molecular flexibility index (Phi) is 7.14. The molecule has 0 saturated carbocycles. The summed E-state index contributed by atoms with van der Waals surface area (Å²) >= 11 is 0. The van der Waals surface area contributed by atoms with Gasteiger partial charge in [-0.25, -0.2) is 0 Å². The second-order valence-electron chi connectivity index (χ2n) is 6.86. The normalized spacial score (nSPS) is 10.8. The van der Waals surface area contributed by atoms with Gasteiger partial charge in [0.15, 0.2) is 11.5 Å². The number of likely N-dealkylation sites (N-methyl/N-ethyl adjacent to an activating group) is 1. The highest BCUT2D eigenvalue weighted by Gasteiger charge is 2.17. The molecule has 0 atom stereocenters. The Labute approximate surface area is 183 Å². The molecule has 32 heavy (non-hydrogen) atoms. The van der Waals surface area contributed by atoms with Crippen molar-refractivity contribution in [3.63, 3.8) is 0 Å². The Bertz CT molecular complexity index is 1130. The number of furan rings is 1. The third-order valence-electron chi connectivity index (χ3n) is 4.62. The highest BCUT2D eigenvalue weighted by atomic mass is 16.6. The van der Waals surface area contributed by atoms with Crippen LogP contribution in [0.1, 0.15) is 26.5 Å². The second-order valence-corrected chi connectivity index (χ2v) is 6.86. The second kappa shape index (κ2) is 10.2. The predicted octanol–water partition coefficient (Wildman–Crippen LogP) is 3.76. The molecule has 1 heterocycles. The summed E-state index contributed by atoms with van der Waals surface area (Å²) in [7, 11) is 1.88. The van der Waals surface area contributed by atoms with E-state index in [0.29, 0.717) is 17.8 Å². The number of aliphatic hydroxyl groups excluding tert-OH is 1. The van der Waals surface area contributed by atoms with E-state index < -0.39 is 16.7 Å². The lowest BCUT2D eigenvalue weighted by molar-refractivity contribution is -0.402. The van der Waals surface area contributed by atoms with Crippen molar-refractivity contribution in [2.24, 2.45) is 0 Å². The van der Waals surface area contributed by atoms with Gasteiger partial charge in [-0.1, -0.05) is 18.2 Å². The van der Waals surface area contributed by atoms with Crippen LogP contribution in [0.15, 0.2) is 71.2 Å². The average molecular weight is 435 g/mol. The van der Waals surface area contributed by atoms with Crippen LogP contribution in [-0.4, -0.2) is 41.9 Å². The van der Waals surface area contributed by atoms with E-state index in [4.69, 9.17) is 9.52 Å². The zero-order chi connectivity index (χ0) is 23.1. The molecule has 9 heteroatoms. The number of amides is 1. The maximum atomic E-state index is 12.4. The summed E-state index contributed by atoms with van der Waals surface area (Å²) in [6.45, 7) is 0.603. The summed E-state index contributed by atoms with van der Waals surface area (Å²) < 4.78 is 4.86. The Morgan fingerprint density at radius 2 is 1.78 bits per heavy atom. The van der Waals surface area contributed by atoms with Crippen molar-refractivity contribution in [2.45, 2.75) is 0 Å². The molecule has 2 N–H and O–H groups in total. The minimum Gasteiger partial charge on any atom is -0.395 e. The number of allylic oxidation sites excluding steroid dienone is 1. The van der Waals surface area contributed by atoms with Crippen molar-refractivity contribution in [2.75, 3.05) is 30.4 Å². The van der Waals surface area contributed by atoms with E-state index in [9.17, 15) is 19.7 Å². The molecular formula is C23H21N3O6. The first-order valence-electron chi connectivity index (χ1n) is 9.67. The first-order valence-corrected chi connectivity index (χ1v) is 9.67. The standard InChI is InChI=1S/C23H21N3O6/c1-25(14-15-27)19-9-2-16(3-10-19)4-11-20(28)17-5-7-18(8-6-17)24-23(29)21-12-13-22(32-21)26(30)31/h2-13,27H,14-15H2,1H3,(H,24,29)/b11-4+. The molecular weight excluding hydrogens is 414 g/mol. The molecule has 0 spiro atoms. The highest BCUT2D eigenvalue weighted by molar-refractivity contribution is 6.07. The first-order chi connectivity index (χ1) is 15.4. The molecule has 0 fully saturated rings. The maximum Gasteiger partial charge on any atom is 0.433 e. The van der Waals surface area contributed by atoms with Gasteiger partial charge in [-0.05, 0) is 54.1 Å². The number of carbonyl (C=O) groups excluding carboxylic acids is 2. The monoisotopic (exact) mass is 435 g/mol. The minimum absolute atomic E-state index is 0.0699. The lowest BCUT2D eigenvalue weighted by Crippen LogP contribution is -2.20. The zero-order valence-electron chi connectivity index (χ0n) is 17.2. The molecule has 0 bridgehead atoms. The number of anilines is 2. The number of nitrogens with zero attached hydrogens (tertiary/aromatic N) is 2. The fourth-order valence-corrected chi connectivity index (χ4v) is 2.85. The van der Waals surface area contributed by atoms with Crippen molar-refractivity contribution >= 4 is 35.0 Å². The Morgan fingerprint density at radius 3 is 2.38 bits per heavy atom. The number of rotatable bonds is 9. The zero-order valence-corrected chi connectivity index (χ0v) is 17.2. The topological polar surface area (TPSA) is 126 Å². The van der Waals surface area contributed by atoms with Crippen molar-refractivity contribution < 1.29 is 24.0 Å². The largest absolute Gasteiger partial charge is 0.433 e. The summed E-state index contributed by atoms with van der Waals surface area (Å²) in [6, 6.07) is 16.1. The van der Waals surface area contributed by atoms with E-state index >= 15 is 0 Å². The van der Waals surface area contributed by atoms with Gasteiger partial charge < -0.3 is 19.7 Å². The van der Waals surface area contributed by atoms with Gasteiger partial charge in [-0.15, -0.1) is 0 Å². The molecule has 9 nitrogen and oxygen atoms in total. The van der Waals surface area contributed by atoms with Gasteiger partial charge in [-0.3, -0.25) is 19.7 Å². The summed E-state index contributed by atoms with van der Waals surface area (Å²) in [5.41, 5.74) is 2.67. The van der Waals surface area contributed by atoms with Crippen LogP contribution in [0.4, 0.5) is 17.3 Å². The van der Waals surface area contributed by atoms with Crippen molar-refractivity contribution in [3.05, 3.63) is 93.7 Å². The van der Waals surface area contributed by atoms with E-state index in [0.717, 1.165) is 17.3 Å². The number of hydrogen-bond acceptors (Lipinski definition) is 7. The number of nitrogens with one attached hydrogen (secondary N) is 1. The van der Waals surface area contributed by atoms with Crippen molar-refractivity contribution in [1.29, 1.82) is 0 Å². The molecule has 0 aliphatic rings. The molecule has 1 amide bonds. The number of hydrogen-bond donors (Lipinski definition) is 2. The van der Waals surface area contributed by atoms with Gasteiger partial charge in [-0.2, -0.15) is 0 Å².